The van der Waals surface area contributed by atoms with Crippen LogP contribution in [-0.4, -0.2) is 41.0 Å². The molecule has 2 N–H and O–H groups in total. The van der Waals surface area contributed by atoms with Crippen molar-refractivity contribution in [1.29, 1.82) is 0 Å². The van der Waals surface area contributed by atoms with E-state index in [2.05, 4.69) is 5.32 Å². The average Bonchev–Trinajstić information content (AvgIpc) is 2.58. The largest absolute Gasteiger partial charge is 0.391 e. The van der Waals surface area contributed by atoms with Crippen molar-refractivity contribution < 1.29 is 18.7 Å². The van der Waals surface area contributed by atoms with Crippen LogP contribution in [-0.2, 0) is 11.3 Å². The van der Waals surface area contributed by atoms with E-state index in [-0.39, 0.29) is 24.7 Å². The summed E-state index contributed by atoms with van der Waals surface area (Å²) in [6.07, 6.45) is -0.776. The summed E-state index contributed by atoms with van der Waals surface area (Å²) >= 11 is 5.64. The van der Waals surface area contributed by atoms with E-state index in [1.54, 1.807) is 4.90 Å². The molecule has 2 aromatic carbocycles. The maximum Gasteiger partial charge on any atom is 0.238 e. The summed E-state index contributed by atoms with van der Waals surface area (Å²) < 4.78 is 26.1. The van der Waals surface area contributed by atoms with Crippen LogP contribution in [0.5, 0.6) is 0 Å². The number of aliphatic hydroxyl groups excluding tert-OH is 1. The minimum Gasteiger partial charge on any atom is -0.391 e. The Morgan fingerprint density at radius 1 is 1.16 bits per heavy atom. The van der Waals surface area contributed by atoms with Gasteiger partial charge in [0.15, 0.2) is 11.6 Å². The van der Waals surface area contributed by atoms with E-state index >= 15 is 0 Å². The third-order valence-corrected chi connectivity index (χ3v) is 3.82. The number of carbonyl (C=O) groups is 1. The highest BCUT2D eigenvalue weighted by Gasteiger charge is 2.16. The molecule has 0 radical (unpaired) electrons. The molecule has 0 saturated carbocycles. The quantitative estimate of drug-likeness (QED) is 0.704. The molecule has 1 unspecified atom stereocenters. The second kappa shape index (κ2) is 9.46. The van der Waals surface area contributed by atoms with Gasteiger partial charge in [-0.2, -0.15) is 0 Å². The molecule has 0 fully saturated rings. The smallest absolute Gasteiger partial charge is 0.238 e. The highest BCUT2D eigenvalue weighted by atomic mass is 35.5. The Labute approximate surface area is 150 Å². The summed E-state index contributed by atoms with van der Waals surface area (Å²) in [5.41, 5.74) is 1.14. The van der Waals surface area contributed by atoms with E-state index in [1.807, 2.05) is 30.3 Å². The summed E-state index contributed by atoms with van der Waals surface area (Å²) in [6.45, 7) is 0.630. The van der Waals surface area contributed by atoms with Crippen LogP contribution in [0.25, 0.3) is 0 Å². The Kier molecular flexibility index (Phi) is 7.31. The van der Waals surface area contributed by atoms with Crippen molar-refractivity contribution in [2.45, 2.75) is 12.6 Å². The predicted molar refractivity (Wildman–Crippen MR) is 93.4 cm³/mol. The summed E-state index contributed by atoms with van der Waals surface area (Å²) in [6, 6.07) is 12.6. The first-order chi connectivity index (χ1) is 12.0. The van der Waals surface area contributed by atoms with Crippen LogP contribution in [0.1, 0.15) is 5.56 Å². The lowest BCUT2D eigenvalue weighted by molar-refractivity contribution is -0.117. The zero-order valence-electron chi connectivity index (χ0n) is 13.5. The number of carbonyl (C=O) groups excluding carboxylic acids is 1. The fourth-order valence-corrected chi connectivity index (χ4v) is 2.45. The first-order valence-corrected chi connectivity index (χ1v) is 8.26. The highest BCUT2D eigenvalue weighted by Crippen LogP contribution is 2.13. The predicted octanol–water partition coefficient (Wildman–Crippen LogP) is 3.01. The number of amides is 1. The SMILES string of the molecule is O=C(CN(Cc1ccccc1)CC(O)CCl)Nc1ccc(F)c(F)c1. The van der Waals surface area contributed by atoms with Crippen molar-refractivity contribution >= 4 is 23.2 Å². The minimum atomic E-state index is -1.03. The Bertz CT molecular complexity index is 701. The van der Waals surface area contributed by atoms with Crippen LogP contribution in [0.3, 0.4) is 0 Å². The molecule has 25 heavy (non-hydrogen) atoms. The molecule has 2 aromatic rings. The van der Waals surface area contributed by atoms with Gasteiger partial charge in [-0.15, -0.1) is 11.6 Å². The molecule has 0 aliphatic carbocycles. The minimum absolute atomic E-state index is 0.0260. The zero-order chi connectivity index (χ0) is 18.2. The molecule has 1 amide bonds. The first-order valence-electron chi connectivity index (χ1n) is 7.73. The topological polar surface area (TPSA) is 52.6 Å². The van der Waals surface area contributed by atoms with E-state index in [0.29, 0.717) is 6.54 Å². The van der Waals surface area contributed by atoms with Gasteiger partial charge in [0.2, 0.25) is 5.91 Å². The van der Waals surface area contributed by atoms with Crippen LogP contribution >= 0.6 is 11.6 Å². The molecule has 1 atom stereocenters. The lowest BCUT2D eigenvalue weighted by Gasteiger charge is -2.24. The molecule has 0 saturated heterocycles. The van der Waals surface area contributed by atoms with E-state index in [4.69, 9.17) is 11.6 Å². The molecule has 4 nitrogen and oxygen atoms in total. The van der Waals surface area contributed by atoms with Gasteiger partial charge in [0, 0.05) is 30.7 Å². The van der Waals surface area contributed by atoms with Crippen molar-refractivity contribution in [3.05, 3.63) is 65.7 Å². The second-order valence-electron chi connectivity index (χ2n) is 5.64. The van der Waals surface area contributed by atoms with Crippen LogP contribution < -0.4 is 5.32 Å². The third-order valence-electron chi connectivity index (χ3n) is 3.47. The number of aliphatic hydroxyl groups is 1. The van der Waals surface area contributed by atoms with Crippen molar-refractivity contribution in [2.24, 2.45) is 0 Å². The summed E-state index contributed by atoms with van der Waals surface area (Å²) in [4.78, 5) is 13.9. The van der Waals surface area contributed by atoms with Gasteiger partial charge < -0.3 is 10.4 Å². The summed E-state index contributed by atoms with van der Waals surface area (Å²) in [5.74, 6) is -2.36. The summed E-state index contributed by atoms with van der Waals surface area (Å²) in [7, 11) is 0. The van der Waals surface area contributed by atoms with E-state index in [1.165, 1.54) is 6.07 Å². The number of anilines is 1. The van der Waals surface area contributed by atoms with Crippen molar-refractivity contribution in [3.63, 3.8) is 0 Å². The Balaban J connectivity index is 2.01. The van der Waals surface area contributed by atoms with Gasteiger partial charge in [-0.1, -0.05) is 30.3 Å². The molecule has 0 spiro atoms. The molecule has 0 aliphatic heterocycles. The maximum absolute atomic E-state index is 13.2. The number of nitrogens with one attached hydrogen (secondary N) is 1. The molecule has 0 aliphatic rings. The van der Waals surface area contributed by atoms with E-state index < -0.39 is 23.6 Å². The molecule has 7 heteroatoms. The number of rotatable bonds is 8. The van der Waals surface area contributed by atoms with Gasteiger partial charge in [0.05, 0.1) is 12.6 Å². The lowest BCUT2D eigenvalue weighted by atomic mass is 10.2. The number of halogens is 3. The summed E-state index contributed by atoms with van der Waals surface area (Å²) in [5, 5.41) is 12.3. The van der Waals surface area contributed by atoms with Gasteiger partial charge in [-0.25, -0.2) is 8.78 Å². The number of alkyl halides is 1. The molecular weight excluding hydrogens is 350 g/mol. The van der Waals surface area contributed by atoms with Crippen molar-refractivity contribution in [2.75, 3.05) is 24.3 Å². The number of benzene rings is 2. The zero-order valence-corrected chi connectivity index (χ0v) is 14.2. The lowest BCUT2D eigenvalue weighted by Crippen LogP contribution is -2.38. The molecule has 134 valence electrons. The first kappa shape index (κ1) is 19.3. The fraction of sp³-hybridized carbons (Fsp3) is 0.278. The monoisotopic (exact) mass is 368 g/mol. The Morgan fingerprint density at radius 2 is 1.88 bits per heavy atom. The molecule has 0 aromatic heterocycles. The van der Waals surface area contributed by atoms with Gasteiger partial charge in [-0.05, 0) is 17.7 Å². The maximum atomic E-state index is 13.2. The van der Waals surface area contributed by atoms with Crippen molar-refractivity contribution in [1.82, 2.24) is 4.90 Å². The van der Waals surface area contributed by atoms with Crippen LogP contribution in [0.15, 0.2) is 48.5 Å². The number of nitrogens with zero attached hydrogens (tertiary/aromatic N) is 1. The Hall–Kier alpha value is -2.02. The van der Waals surface area contributed by atoms with Crippen LogP contribution in [0.2, 0.25) is 0 Å². The van der Waals surface area contributed by atoms with Gasteiger partial charge in [0.25, 0.3) is 0 Å². The molecular formula is C18H19ClF2N2O2. The number of hydrogen-bond acceptors (Lipinski definition) is 3. The third kappa shape index (κ3) is 6.42. The van der Waals surface area contributed by atoms with Gasteiger partial charge >= 0.3 is 0 Å². The van der Waals surface area contributed by atoms with Crippen molar-refractivity contribution in [3.8, 4) is 0 Å². The average molecular weight is 369 g/mol. The standard InChI is InChI=1S/C18H19ClF2N2O2/c19-9-15(24)11-23(10-13-4-2-1-3-5-13)12-18(25)22-14-6-7-16(20)17(21)8-14/h1-8,15,24H,9-12H2,(H,22,25). The van der Waals surface area contributed by atoms with E-state index in [9.17, 15) is 18.7 Å². The Morgan fingerprint density at radius 3 is 2.52 bits per heavy atom. The van der Waals surface area contributed by atoms with Crippen LogP contribution in [0, 0.1) is 11.6 Å². The molecule has 0 heterocycles. The highest BCUT2D eigenvalue weighted by molar-refractivity contribution is 6.18. The van der Waals surface area contributed by atoms with Gasteiger partial charge in [0.1, 0.15) is 0 Å². The van der Waals surface area contributed by atoms with Gasteiger partial charge in [-0.3, -0.25) is 9.69 Å². The van der Waals surface area contributed by atoms with Crippen LogP contribution in [0.4, 0.5) is 14.5 Å². The molecule has 0 bridgehead atoms. The van der Waals surface area contributed by atoms with E-state index in [0.717, 1.165) is 17.7 Å². The second-order valence-corrected chi connectivity index (χ2v) is 5.95. The number of hydrogen-bond donors (Lipinski definition) is 2. The normalized spacial score (nSPS) is 12.2. The fourth-order valence-electron chi connectivity index (χ4n) is 2.35. The molecule has 2 rings (SSSR count).